The molecular formula is C12H12ClNO3. The number of hydrogen-bond acceptors (Lipinski definition) is 2. The van der Waals surface area contributed by atoms with Crippen LogP contribution >= 0.6 is 11.6 Å². The molecule has 4 nitrogen and oxygen atoms in total. The first-order valence-corrected chi connectivity index (χ1v) is 5.45. The van der Waals surface area contributed by atoms with E-state index in [1.807, 2.05) is 0 Å². The summed E-state index contributed by atoms with van der Waals surface area (Å²) < 4.78 is 0. The first kappa shape index (κ1) is 13.3. The van der Waals surface area contributed by atoms with Gasteiger partial charge in [-0.25, -0.2) is 4.79 Å². The average Bonchev–Trinajstić information content (AvgIpc) is 2.29. The molecule has 0 aliphatic rings. The van der Waals surface area contributed by atoms with Crippen LogP contribution in [-0.4, -0.2) is 22.9 Å². The number of amides is 1. The lowest BCUT2D eigenvalue weighted by atomic mass is 9.93. The zero-order valence-corrected chi connectivity index (χ0v) is 9.72. The molecule has 0 radical (unpaired) electrons. The van der Waals surface area contributed by atoms with Gasteiger partial charge in [-0.05, 0) is 11.1 Å². The van der Waals surface area contributed by atoms with Crippen LogP contribution in [0.2, 0.25) is 0 Å². The second kappa shape index (κ2) is 6.06. The first-order valence-electron chi connectivity index (χ1n) is 4.91. The quantitative estimate of drug-likeness (QED) is 0.616. The number of halogens is 1. The molecule has 5 heteroatoms. The predicted molar refractivity (Wildman–Crippen MR) is 65.5 cm³/mol. The summed E-state index contributed by atoms with van der Waals surface area (Å²) in [5, 5.41) is 8.80. The van der Waals surface area contributed by atoms with Gasteiger partial charge < -0.3 is 10.8 Å². The van der Waals surface area contributed by atoms with E-state index in [2.05, 4.69) is 0 Å². The molecule has 1 rings (SSSR count). The van der Waals surface area contributed by atoms with Crippen LogP contribution in [0.5, 0.6) is 0 Å². The maximum absolute atomic E-state index is 11.2. The van der Waals surface area contributed by atoms with Crippen LogP contribution in [0.1, 0.15) is 5.56 Å². The van der Waals surface area contributed by atoms with E-state index in [1.54, 1.807) is 30.3 Å². The van der Waals surface area contributed by atoms with Gasteiger partial charge in [0.05, 0.1) is 5.92 Å². The lowest BCUT2D eigenvalue weighted by Gasteiger charge is -2.14. The Morgan fingerprint density at radius 2 is 1.94 bits per heavy atom. The van der Waals surface area contributed by atoms with E-state index in [4.69, 9.17) is 22.4 Å². The third-order valence-corrected chi connectivity index (χ3v) is 2.57. The van der Waals surface area contributed by atoms with Crippen molar-refractivity contribution < 1.29 is 14.7 Å². The number of alkyl halides is 1. The molecule has 1 aromatic rings. The smallest absolute Gasteiger partial charge is 0.328 e. The molecule has 0 saturated heterocycles. The zero-order chi connectivity index (χ0) is 12.8. The van der Waals surface area contributed by atoms with Crippen molar-refractivity contribution in [2.24, 2.45) is 11.7 Å². The van der Waals surface area contributed by atoms with Gasteiger partial charge in [-0.2, -0.15) is 0 Å². The molecule has 1 aromatic carbocycles. The van der Waals surface area contributed by atoms with Crippen molar-refractivity contribution in [2.75, 3.05) is 5.88 Å². The van der Waals surface area contributed by atoms with Crippen LogP contribution in [0.25, 0.3) is 5.57 Å². The van der Waals surface area contributed by atoms with E-state index in [0.29, 0.717) is 11.1 Å². The summed E-state index contributed by atoms with van der Waals surface area (Å²) in [5.74, 6) is -2.64. The Labute approximate surface area is 104 Å². The van der Waals surface area contributed by atoms with Crippen molar-refractivity contribution in [1.29, 1.82) is 0 Å². The normalized spacial score (nSPS) is 13.1. The molecule has 0 fully saturated rings. The number of carboxylic acid groups (broad SMARTS) is 1. The van der Waals surface area contributed by atoms with E-state index < -0.39 is 17.8 Å². The number of benzene rings is 1. The summed E-state index contributed by atoms with van der Waals surface area (Å²) in [6.45, 7) is 0. The summed E-state index contributed by atoms with van der Waals surface area (Å²) in [5.41, 5.74) is 6.15. The fourth-order valence-electron chi connectivity index (χ4n) is 1.46. The van der Waals surface area contributed by atoms with Crippen LogP contribution in [0.3, 0.4) is 0 Å². The molecule has 90 valence electrons. The number of carbonyl (C=O) groups excluding carboxylic acids is 1. The lowest BCUT2D eigenvalue weighted by Crippen LogP contribution is -2.26. The highest BCUT2D eigenvalue weighted by atomic mass is 35.5. The summed E-state index contributed by atoms with van der Waals surface area (Å²) in [4.78, 5) is 22.0. The Kier molecular flexibility index (Phi) is 4.72. The highest BCUT2D eigenvalue weighted by molar-refractivity contribution is 6.20. The van der Waals surface area contributed by atoms with Crippen LogP contribution < -0.4 is 5.73 Å². The fraction of sp³-hybridized carbons (Fsp3) is 0.167. The van der Waals surface area contributed by atoms with Crippen LogP contribution in [0.4, 0.5) is 0 Å². The van der Waals surface area contributed by atoms with Gasteiger partial charge in [-0.15, -0.1) is 11.6 Å². The third-order valence-electron chi connectivity index (χ3n) is 2.26. The molecule has 0 bridgehead atoms. The van der Waals surface area contributed by atoms with Crippen LogP contribution in [0, 0.1) is 5.92 Å². The molecule has 3 N–H and O–H groups in total. The van der Waals surface area contributed by atoms with Gasteiger partial charge in [-0.3, -0.25) is 4.79 Å². The molecule has 17 heavy (non-hydrogen) atoms. The number of aliphatic carboxylic acids is 1. The van der Waals surface area contributed by atoms with Gasteiger partial charge in [0.2, 0.25) is 5.91 Å². The van der Waals surface area contributed by atoms with E-state index in [-0.39, 0.29) is 5.88 Å². The fourth-order valence-corrected chi connectivity index (χ4v) is 1.78. The number of primary amides is 1. The van der Waals surface area contributed by atoms with Crippen molar-refractivity contribution in [3.63, 3.8) is 0 Å². The monoisotopic (exact) mass is 253 g/mol. The molecule has 0 heterocycles. The summed E-state index contributed by atoms with van der Waals surface area (Å²) in [6, 6.07) is 8.70. The molecule has 1 amide bonds. The van der Waals surface area contributed by atoms with Gasteiger partial charge in [0.15, 0.2) is 0 Å². The molecule has 0 spiro atoms. The van der Waals surface area contributed by atoms with Gasteiger partial charge in [0.1, 0.15) is 0 Å². The minimum absolute atomic E-state index is 0.0522. The number of hydrogen-bond donors (Lipinski definition) is 2. The minimum Gasteiger partial charge on any atom is -0.478 e. The highest BCUT2D eigenvalue weighted by Crippen LogP contribution is 2.24. The minimum atomic E-state index is -1.14. The molecule has 1 atom stereocenters. The summed E-state index contributed by atoms with van der Waals surface area (Å²) in [7, 11) is 0. The summed E-state index contributed by atoms with van der Waals surface area (Å²) >= 11 is 5.66. The summed E-state index contributed by atoms with van der Waals surface area (Å²) in [6.07, 6.45) is 0.965. The second-order valence-electron chi connectivity index (χ2n) is 3.41. The van der Waals surface area contributed by atoms with E-state index in [0.717, 1.165) is 6.08 Å². The van der Waals surface area contributed by atoms with E-state index in [1.165, 1.54) is 0 Å². The third kappa shape index (κ3) is 3.60. The Morgan fingerprint density at radius 3 is 2.35 bits per heavy atom. The van der Waals surface area contributed by atoms with Crippen molar-refractivity contribution in [1.82, 2.24) is 0 Å². The maximum atomic E-state index is 11.2. The highest BCUT2D eigenvalue weighted by Gasteiger charge is 2.21. The van der Waals surface area contributed by atoms with E-state index in [9.17, 15) is 9.59 Å². The van der Waals surface area contributed by atoms with Crippen molar-refractivity contribution in [3.05, 3.63) is 42.0 Å². The topological polar surface area (TPSA) is 80.4 Å². The Hall–Kier alpha value is -1.81. The molecule has 0 aromatic heterocycles. The SMILES string of the molecule is NC(=O)C(CCl)/C(=C/C(=O)O)c1ccccc1. The van der Waals surface area contributed by atoms with Crippen molar-refractivity contribution in [3.8, 4) is 0 Å². The van der Waals surface area contributed by atoms with Crippen LogP contribution in [-0.2, 0) is 9.59 Å². The van der Waals surface area contributed by atoms with Crippen LogP contribution in [0.15, 0.2) is 36.4 Å². The average molecular weight is 254 g/mol. The molecule has 1 unspecified atom stereocenters. The zero-order valence-electron chi connectivity index (χ0n) is 8.97. The Morgan fingerprint density at radius 1 is 1.35 bits per heavy atom. The Balaban J connectivity index is 3.22. The van der Waals surface area contributed by atoms with Crippen molar-refractivity contribution >= 4 is 29.1 Å². The number of carboxylic acids is 1. The van der Waals surface area contributed by atoms with Gasteiger partial charge in [-0.1, -0.05) is 30.3 Å². The molecule has 0 saturated carbocycles. The van der Waals surface area contributed by atoms with Gasteiger partial charge in [0, 0.05) is 12.0 Å². The number of rotatable bonds is 5. The Bertz CT molecular complexity index is 442. The maximum Gasteiger partial charge on any atom is 0.328 e. The predicted octanol–water partition coefficient (Wildman–Crippen LogP) is 1.49. The van der Waals surface area contributed by atoms with Gasteiger partial charge in [0.25, 0.3) is 0 Å². The molecule has 0 aliphatic heterocycles. The first-order chi connectivity index (χ1) is 8.06. The largest absolute Gasteiger partial charge is 0.478 e. The van der Waals surface area contributed by atoms with E-state index >= 15 is 0 Å². The molecule has 0 aliphatic carbocycles. The number of nitrogens with two attached hydrogens (primary N) is 1. The standard InChI is InChI=1S/C12H12ClNO3/c13-7-10(12(14)17)9(6-11(15)16)8-4-2-1-3-5-8/h1-6,10H,7H2,(H2,14,17)(H,15,16)/b9-6+. The number of carbonyl (C=O) groups is 2. The molecular weight excluding hydrogens is 242 g/mol. The van der Waals surface area contributed by atoms with Gasteiger partial charge >= 0.3 is 5.97 Å². The van der Waals surface area contributed by atoms with Crippen molar-refractivity contribution in [2.45, 2.75) is 0 Å². The second-order valence-corrected chi connectivity index (χ2v) is 3.72. The lowest BCUT2D eigenvalue weighted by molar-refractivity contribution is -0.131.